The van der Waals surface area contributed by atoms with Crippen molar-refractivity contribution < 1.29 is 14.0 Å². The van der Waals surface area contributed by atoms with E-state index in [9.17, 15) is 0 Å². The van der Waals surface area contributed by atoms with Gasteiger partial charge < -0.3 is 14.0 Å². The average Bonchev–Trinajstić information content (AvgIpc) is 3.00. The van der Waals surface area contributed by atoms with Gasteiger partial charge in [-0.15, -0.1) is 0 Å². The molecule has 7 nitrogen and oxygen atoms in total. The Hall–Kier alpha value is -2.83. The number of ether oxygens (including phenoxy) is 2. The van der Waals surface area contributed by atoms with Gasteiger partial charge in [-0.1, -0.05) is 5.16 Å². The van der Waals surface area contributed by atoms with Crippen LogP contribution in [0.25, 0.3) is 23.0 Å². The lowest BCUT2D eigenvalue weighted by Crippen LogP contribution is -1.92. The summed E-state index contributed by atoms with van der Waals surface area (Å²) < 4.78 is 16.0. The number of H-pyrrole nitrogens is 1. The van der Waals surface area contributed by atoms with Gasteiger partial charge in [-0.25, -0.2) is 0 Å². The van der Waals surface area contributed by atoms with Crippen LogP contribution in [-0.4, -0.2) is 27.1 Å². The molecule has 110 valence electrons. The van der Waals surface area contributed by atoms with Gasteiger partial charge in [0.25, 0.3) is 5.89 Å². The van der Waals surface area contributed by atoms with Gasteiger partial charge in [-0.05, 0) is 37.1 Å². The molecule has 1 N–H and O–H groups in total. The predicted molar refractivity (Wildman–Crippen MR) is 75.4 cm³/mol. The summed E-state index contributed by atoms with van der Waals surface area (Å²) in [5, 5.41) is 11.3. The van der Waals surface area contributed by atoms with E-state index in [0.29, 0.717) is 29.1 Å². The monoisotopic (exact) mass is 296 g/mol. The van der Waals surface area contributed by atoms with Crippen molar-refractivity contribution in [2.75, 3.05) is 6.79 Å². The summed E-state index contributed by atoms with van der Waals surface area (Å²) in [6, 6.07) is 7.54. The third-order valence-corrected chi connectivity index (χ3v) is 3.89. The topological polar surface area (TPSA) is 86.1 Å². The van der Waals surface area contributed by atoms with E-state index in [4.69, 9.17) is 14.0 Å². The summed E-state index contributed by atoms with van der Waals surface area (Å²) in [7, 11) is 0. The molecule has 0 saturated heterocycles. The minimum Gasteiger partial charge on any atom is -0.454 e. The van der Waals surface area contributed by atoms with E-state index in [0.717, 1.165) is 17.0 Å². The lowest BCUT2D eigenvalue weighted by atomic mass is 10.2. The molecule has 1 aliphatic carbocycles. The summed E-state index contributed by atoms with van der Waals surface area (Å²) >= 11 is 0. The lowest BCUT2D eigenvalue weighted by molar-refractivity contribution is 0.174. The Labute approximate surface area is 125 Å². The van der Waals surface area contributed by atoms with Gasteiger partial charge in [-0.2, -0.15) is 10.1 Å². The van der Waals surface area contributed by atoms with E-state index in [1.54, 1.807) is 0 Å². The largest absolute Gasteiger partial charge is 0.454 e. The normalized spacial score (nSPS) is 16.2. The van der Waals surface area contributed by atoms with Gasteiger partial charge in [0.05, 0.1) is 0 Å². The fourth-order valence-corrected chi connectivity index (χ4v) is 2.53. The van der Waals surface area contributed by atoms with Gasteiger partial charge in [0, 0.05) is 17.2 Å². The van der Waals surface area contributed by atoms with Crippen LogP contribution in [0, 0.1) is 0 Å². The Morgan fingerprint density at radius 1 is 1.09 bits per heavy atom. The van der Waals surface area contributed by atoms with Crippen LogP contribution in [0.3, 0.4) is 0 Å². The van der Waals surface area contributed by atoms with Crippen molar-refractivity contribution in [3.8, 4) is 34.5 Å². The van der Waals surface area contributed by atoms with Gasteiger partial charge in [-0.3, -0.25) is 5.10 Å². The molecule has 2 aromatic heterocycles. The molecule has 0 unspecified atom stereocenters. The van der Waals surface area contributed by atoms with Crippen molar-refractivity contribution in [3.05, 3.63) is 30.0 Å². The number of hydrogen-bond donors (Lipinski definition) is 1. The number of fused-ring (bicyclic) bond motifs is 1. The zero-order chi connectivity index (χ0) is 14.5. The van der Waals surface area contributed by atoms with Crippen molar-refractivity contribution in [3.63, 3.8) is 0 Å². The molecule has 0 spiro atoms. The molecule has 7 heteroatoms. The van der Waals surface area contributed by atoms with E-state index in [-0.39, 0.29) is 6.79 Å². The average molecular weight is 296 g/mol. The molecule has 1 aliphatic heterocycles. The molecule has 22 heavy (non-hydrogen) atoms. The second-order valence-electron chi connectivity index (χ2n) is 5.47. The minimum absolute atomic E-state index is 0.244. The van der Waals surface area contributed by atoms with Crippen molar-refractivity contribution >= 4 is 0 Å². The first-order valence-corrected chi connectivity index (χ1v) is 7.16. The maximum absolute atomic E-state index is 5.36. The van der Waals surface area contributed by atoms with Crippen molar-refractivity contribution in [2.45, 2.75) is 18.8 Å². The van der Waals surface area contributed by atoms with E-state index < -0.39 is 0 Å². The molecule has 0 bridgehead atoms. The van der Waals surface area contributed by atoms with Gasteiger partial charge in [0.15, 0.2) is 17.2 Å². The Balaban J connectivity index is 1.47. The quantitative estimate of drug-likeness (QED) is 0.799. The van der Waals surface area contributed by atoms with Crippen molar-refractivity contribution in [1.29, 1.82) is 0 Å². The van der Waals surface area contributed by atoms with Crippen LogP contribution >= 0.6 is 0 Å². The number of aromatic nitrogens is 4. The maximum atomic E-state index is 5.36. The fourth-order valence-electron chi connectivity index (χ4n) is 2.53. The van der Waals surface area contributed by atoms with Crippen LogP contribution in [0.4, 0.5) is 0 Å². The van der Waals surface area contributed by atoms with Crippen LogP contribution < -0.4 is 9.47 Å². The number of nitrogens with one attached hydrogen (secondary N) is 1. The van der Waals surface area contributed by atoms with Crippen LogP contribution in [0.5, 0.6) is 11.5 Å². The highest BCUT2D eigenvalue weighted by Crippen LogP contribution is 2.40. The van der Waals surface area contributed by atoms with Gasteiger partial charge >= 0.3 is 0 Å². The highest BCUT2D eigenvalue weighted by atomic mass is 16.7. The standard InChI is InChI=1S/C15H12N4O3/c1-2-8(1)10-6-11(18-17-10)15-16-14(19-22-15)9-3-4-12-13(5-9)21-7-20-12/h3-6,8H,1-2,7H2,(H,17,18). The van der Waals surface area contributed by atoms with Crippen molar-refractivity contribution in [2.24, 2.45) is 0 Å². The van der Waals surface area contributed by atoms with Gasteiger partial charge in [0.2, 0.25) is 12.6 Å². The summed E-state index contributed by atoms with van der Waals surface area (Å²) in [6.45, 7) is 0.244. The third kappa shape index (κ3) is 1.86. The number of nitrogens with zero attached hydrogens (tertiary/aromatic N) is 3. The van der Waals surface area contributed by atoms with Crippen LogP contribution in [-0.2, 0) is 0 Å². The molecular weight excluding hydrogens is 284 g/mol. The first-order chi connectivity index (χ1) is 10.9. The second-order valence-corrected chi connectivity index (χ2v) is 5.47. The molecule has 0 atom stereocenters. The van der Waals surface area contributed by atoms with E-state index in [2.05, 4.69) is 20.3 Å². The zero-order valence-corrected chi connectivity index (χ0v) is 11.6. The Morgan fingerprint density at radius 3 is 2.91 bits per heavy atom. The molecule has 1 aromatic carbocycles. The highest BCUT2D eigenvalue weighted by Gasteiger charge is 2.26. The number of benzene rings is 1. The Kier molecular flexibility index (Phi) is 2.32. The van der Waals surface area contributed by atoms with E-state index in [1.165, 1.54) is 12.8 Å². The molecule has 3 aromatic rings. The maximum Gasteiger partial charge on any atom is 0.278 e. The molecule has 0 radical (unpaired) electrons. The van der Waals surface area contributed by atoms with E-state index >= 15 is 0 Å². The SMILES string of the molecule is c1cc2c(cc1-c1noc(-c3cc(C4CC4)[nH]n3)n1)OCO2. The molecular formula is C15H12N4O3. The summed E-state index contributed by atoms with van der Waals surface area (Å²) in [5.74, 6) is 2.95. The molecule has 0 amide bonds. The van der Waals surface area contributed by atoms with Gasteiger partial charge in [0.1, 0.15) is 0 Å². The fraction of sp³-hybridized carbons (Fsp3) is 0.267. The highest BCUT2D eigenvalue weighted by molar-refractivity contribution is 5.63. The summed E-state index contributed by atoms with van der Waals surface area (Å²) in [6.07, 6.45) is 2.43. The van der Waals surface area contributed by atoms with Crippen LogP contribution in [0.1, 0.15) is 24.5 Å². The van der Waals surface area contributed by atoms with Crippen molar-refractivity contribution in [1.82, 2.24) is 20.3 Å². The molecule has 1 saturated carbocycles. The summed E-state index contributed by atoms with van der Waals surface area (Å²) in [4.78, 5) is 4.41. The third-order valence-electron chi connectivity index (χ3n) is 3.89. The lowest BCUT2D eigenvalue weighted by Gasteiger charge is -1.97. The smallest absolute Gasteiger partial charge is 0.278 e. The Bertz CT molecular complexity index is 850. The summed E-state index contributed by atoms with van der Waals surface area (Å²) in [5.41, 5.74) is 2.64. The molecule has 5 rings (SSSR count). The second kappa shape index (κ2) is 4.33. The van der Waals surface area contributed by atoms with Crippen LogP contribution in [0.2, 0.25) is 0 Å². The van der Waals surface area contributed by atoms with E-state index in [1.807, 2.05) is 24.3 Å². The number of hydrogen-bond acceptors (Lipinski definition) is 6. The minimum atomic E-state index is 0.244. The van der Waals surface area contributed by atoms with Crippen LogP contribution in [0.15, 0.2) is 28.8 Å². The predicted octanol–water partition coefficient (Wildman–Crippen LogP) is 2.73. The Morgan fingerprint density at radius 2 is 2.00 bits per heavy atom. The zero-order valence-electron chi connectivity index (χ0n) is 11.6. The number of aromatic amines is 1. The molecule has 2 aliphatic rings. The number of rotatable bonds is 3. The first kappa shape index (κ1) is 11.8. The molecule has 1 fully saturated rings. The first-order valence-electron chi connectivity index (χ1n) is 7.16. The molecule has 3 heterocycles.